The van der Waals surface area contributed by atoms with Crippen molar-refractivity contribution in [1.82, 2.24) is 4.98 Å². The van der Waals surface area contributed by atoms with Crippen molar-refractivity contribution in [3.8, 4) is 0 Å². The fourth-order valence-corrected chi connectivity index (χ4v) is 1.46. The number of pyridine rings is 1. The number of rotatable bonds is 6. The molecule has 7 N–H and O–H groups in total. The molecule has 2 amide bonds. The van der Waals surface area contributed by atoms with E-state index in [9.17, 15) is 14.4 Å². The Morgan fingerprint density at radius 1 is 1.21 bits per heavy atom. The molecule has 9 nitrogen and oxygen atoms in total. The second kappa shape index (κ2) is 5.67. The summed E-state index contributed by atoms with van der Waals surface area (Å²) in [4.78, 5) is 37.9. The van der Waals surface area contributed by atoms with Crippen LogP contribution in [0.25, 0.3) is 0 Å². The van der Waals surface area contributed by atoms with E-state index in [1.807, 2.05) is 0 Å². The number of aromatic nitrogens is 1. The molecule has 0 aliphatic carbocycles. The van der Waals surface area contributed by atoms with Crippen molar-refractivity contribution in [2.75, 3.05) is 23.7 Å². The summed E-state index contributed by atoms with van der Waals surface area (Å²) in [7, 11) is 0. The largest absolute Gasteiger partial charge is 0.478 e. The molecule has 19 heavy (non-hydrogen) atoms. The number of nitrogens with two attached hydrogens (primary N) is 3. The molecule has 0 saturated carbocycles. The van der Waals surface area contributed by atoms with Crippen LogP contribution in [0.2, 0.25) is 0 Å². The van der Waals surface area contributed by atoms with Crippen LogP contribution < -0.4 is 22.1 Å². The highest BCUT2D eigenvalue weighted by atomic mass is 16.4. The van der Waals surface area contributed by atoms with Gasteiger partial charge in [0.15, 0.2) is 0 Å². The average Bonchev–Trinajstić information content (AvgIpc) is 2.26. The zero-order chi connectivity index (χ0) is 14.6. The highest BCUT2D eigenvalue weighted by molar-refractivity contribution is 5.96. The first kappa shape index (κ1) is 14.2. The van der Waals surface area contributed by atoms with Crippen LogP contribution in [0, 0.1) is 0 Å². The van der Waals surface area contributed by atoms with E-state index in [0.717, 1.165) is 4.90 Å². The molecular formula is C10H13N5O4. The first-order valence-corrected chi connectivity index (χ1v) is 5.11. The maximum Gasteiger partial charge on any atom is 0.339 e. The van der Waals surface area contributed by atoms with Crippen molar-refractivity contribution >= 4 is 29.3 Å². The predicted octanol–water partition coefficient (Wildman–Crippen LogP) is -1.86. The lowest BCUT2D eigenvalue weighted by molar-refractivity contribution is -0.117. The zero-order valence-electron chi connectivity index (χ0n) is 9.87. The average molecular weight is 267 g/mol. The van der Waals surface area contributed by atoms with Crippen molar-refractivity contribution in [3.05, 3.63) is 17.8 Å². The molecule has 0 saturated heterocycles. The number of carboxylic acid groups (broad SMARTS) is 1. The van der Waals surface area contributed by atoms with E-state index in [2.05, 4.69) is 4.98 Å². The first-order chi connectivity index (χ1) is 8.81. The summed E-state index contributed by atoms with van der Waals surface area (Å²) in [5, 5.41) is 9.05. The molecule has 0 aliphatic rings. The third-order valence-electron chi connectivity index (χ3n) is 2.11. The zero-order valence-corrected chi connectivity index (χ0v) is 9.87. The third kappa shape index (κ3) is 3.84. The number of hydrogen-bond donors (Lipinski definition) is 4. The summed E-state index contributed by atoms with van der Waals surface area (Å²) >= 11 is 0. The van der Waals surface area contributed by atoms with Gasteiger partial charge in [-0.2, -0.15) is 0 Å². The number of aromatic carboxylic acids is 1. The van der Waals surface area contributed by atoms with E-state index in [4.69, 9.17) is 22.3 Å². The van der Waals surface area contributed by atoms with Gasteiger partial charge in [-0.15, -0.1) is 0 Å². The Morgan fingerprint density at radius 3 is 2.16 bits per heavy atom. The molecule has 1 heterocycles. The highest BCUT2D eigenvalue weighted by Crippen LogP contribution is 2.19. The number of carbonyl (C=O) groups is 3. The van der Waals surface area contributed by atoms with E-state index in [1.165, 1.54) is 12.3 Å². The smallest absolute Gasteiger partial charge is 0.339 e. The van der Waals surface area contributed by atoms with Crippen LogP contribution in [-0.4, -0.2) is 41.0 Å². The summed E-state index contributed by atoms with van der Waals surface area (Å²) in [6.45, 7) is -0.778. The van der Waals surface area contributed by atoms with Crippen LogP contribution in [0.5, 0.6) is 0 Å². The van der Waals surface area contributed by atoms with Crippen LogP contribution in [0.15, 0.2) is 12.3 Å². The van der Waals surface area contributed by atoms with Crippen LogP contribution in [0.4, 0.5) is 11.5 Å². The molecule has 9 heteroatoms. The van der Waals surface area contributed by atoms with Crippen molar-refractivity contribution < 1.29 is 19.5 Å². The van der Waals surface area contributed by atoms with Gasteiger partial charge in [-0.1, -0.05) is 0 Å². The number of primary amides is 2. The Balaban J connectivity index is 3.24. The molecule has 0 unspecified atom stereocenters. The lowest BCUT2D eigenvalue weighted by Crippen LogP contribution is -2.41. The summed E-state index contributed by atoms with van der Waals surface area (Å²) in [5.41, 5.74) is 15.4. The normalized spacial score (nSPS) is 9.89. The Bertz CT molecular complexity index is 515. The van der Waals surface area contributed by atoms with Gasteiger partial charge >= 0.3 is 5.97 Å². The SMILES string of the molecule is NC(=O)CN(CC(N)=O)c1ncc(N)cc1C(=O)O. The molecule has 0 fully saturated rings. The minimum Gasteiger partial charge on any atom is -0.478 e. The Hall–Kier alpha value is -2.84. The van der Waals surface area contributed by atoms with Crippen LogP contribution in [-0.2, 0) is 9.59 Å². The van der Waals surface area contributed by atoms with Crippen molar-refractivity contribution in [2.45, 2.75) is 0 Å². The van der Waals surface area contributed by atoms with Gasteiger partial charge in [0.1, 0.15) is 11.4 Å². The molecule has 1 aromatic heterocycles. The van der Waals surface area contributed by atoms with Crippen LogP contribution in [0.3, 0.4) is 0 Å². The minimum atomic E-state index is -1.30. The molecule has 1 rings (SSSR count). The maximum absolute atomic E-state index is 11.1. The lowest BCUT2D eigenvalue weighted by Gasteiger charge is -2.22. The maximum atomic E-state index is 11.1. The van der Waals surface area contributed by atoms with Gasteiger partial charge in [-0.25, -0.2) is 9.78 Å². The number of amides is 2. The molecule has 0 aromatic carbocycles. The van der Waals surface area contributed by atoms with Gasteiger partial charge in [0.05, 0.1) is 25.0 Å². The highest BCUT2D eigenvalue weighted by Gasteiger charge is 2.20. The van der Waals surface area contributed by atoms with Crippen molar-refractivity contribution in [2.24, 2.45) is 11.5 Å². The topological polar surface area (TPSA) is 166 Å². The number of anilines is 2. The summed E-state index contributed by atoms with van der Waals surface area (Å²) in [6, 6.07) is 1.17. The summed E-state index contributed by atoms with van der Waals surface area (Å²) in [5.74, 6) is -2.90. The number of nitrogen functional groups attached to an aromatic ring is 1. The molecule has 1 aromatic rings. The fraction of sp³-hybridized carbons (Fsp3) is 0.200. The number of carboxylic acids is 1. The molecule has 0 radical (unpaired) electrons. The Kier molecular flexibility index (Phi) is 4.24. The van der Waals surface area contributed by atoms with E-state index >= 15 is 0 Å². The molecule has 0 aliphatic heterocycles. The van der Waals surface area contributed by atoms with Crippen molar-refractivity contribution in [3.63, 3.8) is 0 Å². The minimum absolute atomic E-state index is 0.0979. The van der Waals surface area contributed by atoms with Gasteiger partial charge in [0.2, 0.25) is 11.8 Å². The van der Waals surface area contributed by atoms with Gasteiger partial charge in [-0.3, -0.25) is 9.59 Å². The van der Waals surface area contributed by atoms with E-state index in [1.54, 1.807) is 0 Å². The summed E-state index contributed by atoms with van der Waals surface area (Å²) < 4.78 is 0. The van der Waals surface area contributed by atoms with Gasteiger partial charge in [-0.05, 0) is 6.07 Å². The molecule has 0 bridgehead atoms. The second-order valence-electron chi connectivity index (χ2n) is 3.73. The molecule has 102 valence electrons. The summed E-state index contributed by atoms with van der Waals surface area (Å²) in [6.07, 6.45) is 1.21. The Labute approximate surface area is 108 Å². The third-order valence-corrected chi connectivity index (χ3v) is 2.11. The van der Waals surface area contributed by atoms with Gasteiger partial charge in [0.25, 0.3) is 0 Å². The quantitative estimate of drug-likeness (QED) is 0.468. The van der Waals surface area contributed by atoms with Gasteiger partial charge in [0, 0.05) is 0 Å². The molecular weight excluding hydrogens is 254 g/mol. The Morgan fingerprint density at radius 2 is 1.74 bits per heavy atom. The van der Waals surface area contributed by atoms with Crippen molar-refractivity contribution in [1.29, 1.82) is 0 Å². The fourth-order valence-electron chi connectivity index (χ4n) is 1.46. The van der Waals surface area contributed by atoms with Crippen LogP contribution in [0.1, 0.15) is 10.4 Å². The number of hydrogen-bond acceptors (Lipinski definition) is 6. The monoisotopic (exact) mass is 267 g/mol. The van der Waals surface area contributed by atoms with E-state index in [-0.39, 0.29) is 30.2 Å². The number of carbonyl (C=O) groups excluding carboxylic acids is 2. The van der Waals surface area contributed by atoms with E-state index in [0.29, 0.717) is 0 Å². The number of nitrogens with zero attached hydrogens (tertiary/aromatic N) is 2. The molecule has 0 atom stereocenters. The standard InChI is InChI=1S/C10H13N5O4/c11-5-1-6(10(18)19)9(14-2-5)15(3-7(12)16)4-8(13)17/h1-2H,3-4,11H2,(H2,12,16)(H2,13,17)(H,18,19). The van der Waals surface area contributed by atoms with E-state index < -0.39 is 17.8 Å². The predicted molar refractivity (Wildman–Crippen MR) is 66.2 cm³/mol. The van der Waals surface area contributed by atoms with Crippen LogP contribution >= 0.6 is 0 Å². The second-order valence-corrected chi connectivity index (χ2v) is 3.73. The lowest BCUT2D eigenvalue weighted by atomic mass is 10.2. The first-order valence-electron chi connectivity index (χ1n) is 5.11. The molecule has 0 spiro atoms. The van der Waals surface area contributed by atoms with Gasteiger partial charge < -0.3 is 27.2 Å².